The highest BCUT2D eigenvalue weighted by molar-refractivity contribution is 4.73. The second-order valence-corrected chi connectivity index (χ2v) is 3.92. The third-order valence-electron chi connectivity index (χ3n) is 2.62. The second-order valence-electron chi connectivity index (χ2n) is 3.92. The van der Waals surface area contributed by atoms with Crippen molar-refractivity contribution in [2.75, 3.05) is 40.5 Å². The van der Waals surface area contributed by atoms with Gasteiger partial charge in [0.25, 0.3) is 0 Å². The van der Waals surface area contributed by atoms with Gasteiger partial charge < -0.3 is 14.6 Å². The molecular formula is C10H21NO3. The van der Waals surface area contributed by atoms with E-state index in [1.54, 1.807) is 7.11 Å². The van der Waals surface area contributed by atoms with Gasteiger partial charge in [0.2, 0.25) is 0 Å². The van der Waals surface area contributed by atoms with E-state index in [9.17, 15) is 5.11 Å². The molecule has 0 saturated carbocycles. The summed E-state index contributed by atoms with van der Waals surface area (Å²) in [4.78, 5) is 2.16. The minimum atomic E-state index is -0.396. The van der Waals surface area contributed by atoms with Gasteiger partial charge >= 0.3 is 0 Å². The Bertz CT molecular complexity index is 148. The van der Waals surface area contributed by atoms with Gasteiger partial charge in [-0.1, -0.05) is 0 Å². The van der Waals surface area contributed by atoms with E-state index in [-0.39, 0.29) is 0 Å². The van der Waals surface area contributed by atoms with Crippen LogP contribution in [0.5, 0.6) is 0 Å². The Kier molecular flexibility index (Phi) is 5.40. The summed E-state index contributed by atoms with van der Waals surface area (Å²) in [5, 5.41) is 9.54. The van der Waals surface area contributed by atoms with Gasteiger partial charge in [0.05, 0.1) is 19.3 Å². The first-order chi connectivity index (χ1) is 6.74. The molecule has 1 N–H and O–H groups in total. The first kappa shape index (κ1) is 11.9. The first-order valence-corrected chi connectivity index (χ1v) is 5.19. The standard InChI is InChI=1S/C10H21NO3/c1-11(6-10(12)8-13-2)9-4-3-5-14-7-9/h9-10,12H,3-8H2,1-2H3. The third kappa shape index (κ3) is 3.92. The number of hydrogen-bond donors (Lipinski definition) is 1. The van der Waals surface area contributed by atoms with Crippen LogP contribution in [0.1, 0.15) is 12.8 Å². The Morgan fingerprint density at radius 1 is 1.64 bits per heavy atom. The van der Waals surface area contributed by atoms with Gasteiger partial charge in [0.1, 0.15) is 0 Å². The number of nitrogens with zero attached hydrogens (tertiary/aromatic N) is 1. The number of aliphatic hydroxyl groups excluding tert-OH is 1. The Labute approximate surface area is 85.8 Å². The van der Waals surface area contributed by atoms with Crippen molar-refractivity contribution >= 4 is 0 Å². The maximum atomic E-state index is 9.54. The van der Waals surface area contributed by atoms with Crippen LogP contribution in [0, 0.1) is 0 Å². The summed E-state index contributed by atoms with van der Waals surface area (Å²) in [6.45, 7) is 2.72. The monoisotopic (exact) mass is 203 g/mol. The Hall–Kier alpha value is -0.160. The molecule has 4 nitrogen and oxygen atoms in total. The van der Waals surface area contributed by atoms with Gasteiger partial charge in [-0.15, -0.1) is 0 Å². The van der Waals surface area contributed by atoms with Crippen LogP contribution in [0.15, 0.2) is 0 Å². The molecule has 1 aliphatic rings. The molecule has 84 valence electrons. The van der Waals surface area contributed by atoms with Crippen molar-refractivity contribution in [3.8, 4) is 0 Å². The molecule has 0 bridgehead atoms. The Balaban J connectivity index is 2.21. The molecule has 0 aromatic rings. The lowest BCUT2D eigenvalue weighted by Gasteiger charge is -2.32. The highest BCUT2D eigenvalue weighted by Crippen LogP contribution is 2.11. The molecule has 2 unspecified atom stereocenters. The van der Waals surface area contributed by atoms with E-state index < -0.39 is 6.10 Å². The molecule has 1 heterocycles. The topological polar surface area (TPSA) is 41.9 Å². The van der Waals surface area contributed by atoms with Gasteiger partial charge in [-0.2, -0.15) is 0 Å². The second kappa shape index (κ2) is 6.35. The van der Waals surface area contributed by atoms with E-state index >= 15 is 0 Å². The predicted molar refractivity (Wildman–Crippen MR) is 54.4 cm³/mol. The van der Waals surface area contributed by atoms with Crippen LogP contribution in [-0.4, -0.2) is 62.7 Å². The van der Waals surface area contributed by atoms with Crippen LogP contribution in [0.4, 0.5) is 0 Å². The van der Waals surface area contributed by atoms with Crippen LogP contribution in [-0.2, 0) is 9.47 Å². The molecule has 2 atom stereocenters. The summed E-state index contributed by atoms with van der Waals surface area (Å²) >= 11 is 0. The van der Waals surface area contributed by atoms with Crippen LogP contribution < -0.4 is 0 Å². The van der Waals surface area contributed by atoms with Gasteiger partial charge in [0, 0.05) is 26.3 Å². The number of likely N-dealkylation sites (N-methyl/N-ethyl adjacent to an activating group) is 1. The fraction of sp³-hybridized carbons (Fsp3) is 1.00. The van der Waals surface area contributed by atoms with Crippen molar-refractivity contribution in [2.45, 2.75) is 25.0 Å². The van der Waals surface area contributed by atoms with Crippen molar-refractivity contribution < 1.29 is 14.6 Å². The molecular weight excluding hydrogens is 182 g/mol. The zero-order valence-corrected chi connectivity index (χ0v) is 9.11. The summed E-state index contributed by atoms with van der Waals surface area (Å²) in [6, 6.07) is 0.454. The molecule has 1 aliphatic heterocycles. The van der Waals surface area contributed by atoms with E-state index in [1.165, 1.54) is 0 Å². The van der Waals surface area contributed by atoms with E-state index in [0.717, 1.165) is 26.1 Å². The Morgan fingerprint density at radius 2 is 2.43 bits per heavy atom. The van der Waals surface area contributed by atoms with Crippen LogP contribution in [0.3, 0.4) is 0 Å². The molecule has 0 radical (unpaired) electrons. The van der Waals surface area contributed by atoms with Crippen molar-refractivity contribution in [3.63, 3.8) is 0 Å². The maximum absolute atomic E-state index is 9.54. The number of aliphatic hydroxyl groups is 1. The number of hydrogen-bond acceptors (Lipinski definition) is 4. The quantitative estimate of drug-likeness (QED) is 0.688. The lowest BCUT2D eigenvalue weighted by atomic mass is 10.1. The minimum absolute atomic E-state index is 0.396. The normalized spacial score (nSPS) is 25.3. The molecule has 0 spiro atoms. The van der Waals surface area contributed by atoms with Gasteiger partial charge in [-0.05, 0) is 19.9 Å². The van der Waals surface area contributed by atoms with E-state index in [4.69, 9.17) is 9.47 Å². The third-order valence-corrected chi connectivity index (χ3v) is 2.62. The number of ether oxygens (including phenoxy) is 2. The Morgan fingerprint density at radius 3 is 3.00 bits per heavy atom. The average Bonchev–Trinajstić information content (AvgIpc) is 2.19. The summed E-state index contributed by atoms with van der Waals surface area (Å²) in [7, 11) is 3.63. The van der Waals surface area contributed by atoms with Gasteiger partial charge in [-0.3, -0.25) is 4.90 Å². The molecule has 1 rings (SSSR count). The minimum Gasteiger partial charge on any atom is -0.389 e. The van der Waals surface area contributed by atoms with Gasteiger partial charge in [0.15, 0.2) is 0 Å². The molecule has 4 heteroatoms. The maximum Gasteiger partial charge on any atom is 0.0900 e. The van der Waals surface area contributed by atoms with Crippen molar-refractivity contribution in [3.05, 3.63) is 0 Å². The van der Waals surface area contributed by atoms with Gasteiger partial charge in [-0.25, -0.2) is 0 Å². The van der Waals surface area contributed by atoms with E-state index in [1.807, 2.05) is 7.05 Å². The highest BCUT2D eigenvalue weighted by Gasteiger charge is 2.20. The molecule has 1 fully saturated rings. The van der Waals surface area contributed by atoms with Crippen molar-refractivity contribution in [2.24, 2.45) is 0 Å². The predicted octanol–water partition coefficient (Wildman–Crippen LogP) is 0.104. The van der Waals surface area contributed by atoms with E-state index in [2.05, 4.69) is 4.90 Å². The fourth-order valence-electron chi connectivity index (χ4n) is 1.80. The largest absolute Gasteiger partial charge is 0.389 e. The average molecular weight is 203 g/mol. The molecule has 0 aromatic heterocycles. The summed E-state index contributed by atoms with van der Waals surface area (Å²) in [6.07, 6.45) is 1.89. The lowest BCUT2D eigenvalue weighted by molar-refractivity contribution is -0.00541. The number of methoxy groups -OCH3 is 1. The molecule has 0 aliphatic carbocycles. The molecule has 14 heavy (non-hydrogen) atoms. The zero-order valence-electron chi connectivity index (χ0n) is 9.11. The zero-order chi connectivity index (χ0) is 10.4. The van der Waals surface area contributed by atoms with Crippen LogP contribution in [0.25, 0.3) is 0 Å². The smallest absolute Gasteiger partial charge is 0.0900 e. The number of rotatable bonds is 5. The molecule has 1 saturated heterocycles. The fourth-order valence-corrected chi connectivity index (χ4v) is 1.80. The van der Waals surface area contributed by atoms with Crippen molar-refractivity contribution in [1.82, 2.24) is 4.90 Å². The lowest BCUT2D eigenvalue weighted by Crippen LogP contribution is -2.43. The van der Waals surface area contributed by atoms with Crippen LogP contribution >= 0.6 is 0 Å². The first-order valence-electron chi connectivity index (χ1n) is 5.19. The summed E-state index contributed by atoms with van der Waals surface area (Å²) in [5.74, 6) is 0. The molecule has 0 amide bonds. The van der Waals surface area contributed by atoms with E-state index in [0.29, 0.717) is 19.2 Å². The van der Waals surface area contributed by atoms with Crippen molar-refractivity contribution in [1.29, 1.82) is 0 Å². The molecule has 0 aromatic carbocycles. The highest BCUT2D eigenvalue weighted by atomic mass is 16.5. The summed E-state index contributed by atoms with van der Waals surface area (Å²) in [5.41, 5.74) is 0. The SMILES string of the molecule is COCC(O)CN(C)C1CCCOC1. The summed E-state index contributed by atoms with van der Waals surface area (Å²) < 4.78 is 10.3. The van der Waals surface area contributed by atoms with Crippen LogP contribution in [0.2, 0.25) is 0 Å².